The first-order valence-electron chi connectivity index (χ1n) is 5.94. The molecule has 1 N–H and O–H groups in total. The molecule has 0 atom stereocenters. The molecule has 0 aliphatic carbocycles. The second-order valence-corrected chi connectivity index (χ2v) is 4.95. The summed E-state index contributed by atoms with van der Waals surface area (Å²) in [6, 6.07) is 3.95. The van der Waals surface area contributed by atoms with Gasteiger partial charge in [-0.2, -0.15) is 13.2 Å². The van der Waals surface area contributed by atoms with Crippen molar-refractivity contribution in [1.82, 2.24) is 10.3 Å². The lowest BCUT2D eigenvalue weighted by Crippen LogP contribution is -2.11. The third-order valence-electron chi connectivity index (χ3n) is 2.64. The number of nitrogens with zero attached hydrogens (tertiary/aromatic N) is 1. The Kier molecular flexibility index (Phi) is 4.49. The Morgan fingerprint density at radius 2 is 2.10 bits per heavy atom. The number of alkyl halides is 3. The molecule has 20 heavy (non-hydrogen) atoms. The Hall–Kier alpha value is -1.34. The summed E-state index contributed by atoms with van der Waals surface area (Å²) in [5, 5.41) is 3.03. The van der Waals surface area contributed by atoms with E-state index in [0.29, 0.717) is 23.8 Å². The minimum absolute atomic E-state index is 0.00105. The van der Waals surface area contributed by atoms with Crippen LogP contribution >= 0.6 is 15.9 Å². The molecule has 1 heterocycles. The highest BCUT2D eigenvalue weighted by Crippen LogP contribution is 2.37. The minimum atomic E-state index is -4.42. The number of oxazole rings is 1. The van der Waals surface area contributed by atoms with Crippen molar-refractivity contribution < 1.29 is 17.6 Å². The van der Waals surface area contributed by atoms with Crippen molar-refractivity contribution >= 4 is 15.9 Å². The van der Waals surface area contributed by atoms with Gasteiger partial charge in [-0.15, -0.1) is 0 Å². The summed E-state index contributed by atoms with van der Waals surface area (Å²) in [6.45, 7) is 3.14. The molecule has 0 amide bonds. The van der Waals surface area contributed by atoms with Gasteiger partial charge < -0.3 is 9.73 Å². The van der Waals surface area contributed by atoms with Crippen molar-refractivity contribution in [3.63, 3.8) is 0 Å². The van der Waals surface area contributed by atoms with Crippen molar-refractivity contribution in [2.45, 2.75) is 19.6 Å². The normalized spacial score (nSPS) is 11.8. The van der Waals surface area contributed by atoms with E-state index in [1.807, 2.05) is 6.92 Å². The highest BCUT2D eigenvalue weighted by atomic mass is 79.9. The Bertz CT molecular complexity index is 596. The zero-order valence-corrected chi connectivity index (χ0v) is 12.2. The number of aromatic nitrogens is 1. The van der Waals surface area contributed by atoms with E-state index in [1.54, 1.807) is 6.07 Å². The molecule has 1 aromatic carbocycles. The van der Waals surface area contributed by atoms with E-state index < -0.39 is 11.7 Å². The molecule has 0 aliphatic rings. The van der Waals surface area contributed by atoms with Gasteiger partial charge in [-0.25, -0.2) is 4.98 Å². The minimum Gasteiger partial charge on any atom is -0.439 e. The van der Waals surface area contributed by atoms with Gasteiger partial charge in [0.25, 0.3) is 0 Å². The summed E-state index contributed by atoms with van der Waals surface area (Å²) in [6.07, 6.45) is -2.99. The number of rotatable bonds is 4. The number of hydrogen-bond acceptors (Lipinski definition) is 3. The maximum Gasteiger partial charge on any atom is 0.417 e. The standard InChI is InChI=1S/C13H12BrF3N2O/c1-2-18-7-12-19-6-11(20-12)8-3-4-10(14)9(5-8)13(15,16)17/h3-6,18H,2,7H2,1H3. The third kappa shape index (κ3) is 3.40. The van der Waals surface area contributed by atoms with E-state index in [1.165, 1.54) is 12.3 Å². The predicted molar refractivity (Wildman–Crippen MR) is 72.0 cm³/mol. The van der Waals surface area contributed by atoms with Gasteiger partial charge in [-0.3, -0.25) is 0 Å². The van der Waals surface area contributed by atoms with Crippen LogP contribution in [0.15, 0.2) is 33.3 Å². The summed E-state index contributed by atoms with van der Waals surface area (Å²) in [4.78, 5) is 4.02. The van der Waals surface area contributed by atoms with E-state index in [-0.39, 0.29) is 4.47 Å². The molecule has 0 radical (unpaired) electrons. The van der Waals surface area contributed by atoms with Crippen molar-refractivity contribution in [1.29, 1.82) is 0 Å². The number of halogens is 4. The molecule has 7 heteroatoms. The monoisotopic (exact) mass is 348 g/mol. The Morgan fingerprint density at radius 1 is 1.35 bits per heavy atom. The molecule has 0 unspecified atom stereocenters. The van der Waals surface area contributed by atoms with Gasteiger partial charge in [-0.05, 0) is 18.7 Å². The summed E-state index contributed by atoms with van der Waals surface area (Å²) in [7, 11) is 0. The highest BCUT2D eigenvalue weighted by Gasteiger charge is 2.33. The van der Waals surface area contributed by atoms with Crippen LogP contribution in [0.25, 0.3) is 11.3 Å². The fourth-order valence-electron chi connectivity index (χ4n) is 1.65. The van der Waals surface area contributed by atoms with Crippen LogP contribution in [-0.4, -0.2) is 11.5 Å². The van der Waals surface area contributed by atoms with E-state index in [0.717, 1.165) is 12.6 Å². The van der Waals surface area contributed by atoms with E-state index in [4.69, 9.17) is 4.42 Å². The zero-order valence-electron chi connectivity index (χ0n) is 10.6. The van der Waals surface area contributed by atoms with Crippen molar-refractivity contribution in [3.05, 3.63) is 40.3 Å². The largest absolute Gasteiger partial charge is 0.439 e. The SMILES string of the molecule is CCNCc1ncc(-c2ccc(Br)c(C(F)(F)F)c2)o1. The number of benzene rings is 1. The molecule has 3 nitrogen and oxygen atoms in total. The van der Waals surface area contributed by atoms with Crippen LogP contribution in [0.4, 0.5) is 13.2 Å². The van der Waals surface area contributed by atoms with E-state index >= 15 is 0 Å². The van der Waals surface area contributed by atoms with Crippen LogP contribution in [0.2, 0.25) is 0 Å². The molecule has 1 aromatic heterocycles. The summed E-state index contributed by atoms with van der Waals surface area (Å²) >= 11 is 2.90. The van der Waals surface area contributed by atoms with Gasteiger partial charge in [0.15, 0.2) is 5.76 Å². The molecule has 0 bridgehead atoms. The lowest BCUT2D eigenvalue weighted by Gasteiger charge is -2.10. The van der Waals surface area contributed by atoms with Crippen molar-refractivity contribution in [3.8, 4) is 11.3 Å². The first-order chi connectivity index (χ1) is 9.41. The van der Waals surface area contributed by atoms with Crippen LogP contribution in [-0.2, 0) is 12.7 Å². The first-order valence-corrected chi connectivity index (χ1v) is 6.73. The summed E-state index contributed by atoms with van der Waals surface area (Å²) in [5.41, 5.74) is -0.393. The fourth-order valence-corrected chi connectivity index (χ4v) is 2.12. The van der Waals surface area contributed by atoms with Gasteiger partial charge >= 0.3 is 6.18 Å². The van der Waals surface area contributed by atoms with Crippen LogP contribution in [0.3, 0.4) is 0 Å². The topological polar surface area (TPSA) is 38.1 Å². The van der Waals surface area contributed by atoms with Crippen molar-refractivity contribution in [2.24, 2.45) is 0 Å². The fraction of sp³-hybridized carbons (Fsp3) is 0.308. The molecule has 0 aliphatic heterocycles. The van der Waals surface area contributed by atoms with Gasteiger partial charge in [-0.1, -0.05) is 28.9 Å². The maximum atomic E-state index is 12.8. The molecule has 2 rings (SSSR count). The quantitative estimate of drug-likeness (QED) is 0.898. The van der Waals surface area contributed by atoms with Crippen LogP contribution in [0, 0.1) is 0 Å². The molecule has 108 valence electrons. The Balaban J connectivity index is 2.31. The molecule has 2 aromatic rings. The molecule has 0 saturated carbocycles. The Morgan fingerprint density at radius 3 is 2.75 bits per heavy atom. The molecular weight excluding hydrogens is 337 g/mol. The van der Waals surface area contributed by atoms with Crippen LogP contribution in [0.1, 0.15) is 18.4 Å². The summed E-state index contributed by atoms with van der Waals surface area (Å²) in [5.74, 6) is 0.759. The average molecular weight is 349 g/mol. The molecule has 0 spiro atoms. The Labute approximate surface area is 122 Å². The van der Waals surface area contributed by atoms with Crippen LogP contribution < -0.4 is 5.32 Å². The van der Waals surface area contributed by atoms with Gasteiger partial charge in [0.05, 0.1) is 18.3 Å². The number of hydrogen-bond donors (Lipinski definition) is 1. The first kappa shape index (κ1) is 15.1. The molecule has 0 fully saturated rings. The maximum absolute atomic E-state index is 12.8. The summed E-state index contributed by atoms with van der Waals surface area (Å²) < 4.78 is 43.9. The number of nitrogens with one attached hydrogen (secondary N) is 1. The lowest BCUT2D eigenvalue weighted by atomic mass is 10.1. The van der Waals surface area contributed by atoms with Gasteiger partial charge in [0.2, 0.25) is 5.89 Å². The van der Waals surface area contributed by atoms with Gasteiger partial charge in [0, 0.05) is 10.0 Å². The molecule has 0 saturated heterocycles. The van der Waals surface area contributed by atoms with Gasteiger partial charge in [0.1, 0.15) is 0 Å². The van der Waals surface area contributed by atoms with Crippen molar-refractivity contribution in [2.75, 3.05) is 6.54 Å². The second-order valence-electron chi connectivity index (χ2n) is 4.09. The highest BCUT2D eigenvalue weighted by molar-refractivity contribution is 9.10. The van der Waals surface area contributed by atoms with Crippen LogP contribution in [0.5, 0.6) is 0 Å². The lowest BCUT2D eigenvalue weighted by molar-refractivity contribution is -0.138. The van der Waals surface area contributed by atoms with E-state index in [9.17, 15) is 13.2 Å². The predicted octanol–water partition coefficient (Wildman–Crippen LogP) is 4.23. The second kappa shape index (κ2) is 5.97. The average Bonchev–Trinajstić information content (AvgIpc) is 2.84. The third-order valence-corrected chi connectivity index (χ3v) is 3.33. The zero-order chi connectivity index (χ0) is 14.8. The van der Waals surface area contributed by atoms with E-state index in [2.05, 4.69) is 26.2 Å². The molecular formula is C13H12BrF3N2O. The smallest absolute Gasteiger partial charge is 0.417 e.